The lowest BCUT2D eigenvalue weighted by atomic mass is 9.96. The molecule has 0 saturated carbocycles. The first kappa shape index (κ1) is 19.7. The van der Waals surface area contributed by atoms with Crippen LogP contribution in [-0.2, 0) is 16.8 Å². The van der Waals surface area contributed by atoms with E-state index in [1.54, 1.807) is 0 Å². The highest BCUT2D eigenvalue weighted by molar-refractivity contribution is 5.79. The van der Waals surface area contributed by atoms with Crippen LogP contribution in [-0.4, -0.2) is 43.9 Å². The van der Waals surface area contributed by atoms with Gasteiger partial charge >= 0.3 is 0 Å². The second kappa shape index (κ2) is 9.78. The van der Waals surface area contributed by atoms with E-state index in [9.17, 15) is 5.11 Å². The number of rotatable bonds is 9. The molecule has 1 aliphatic carbocycles. The van der Waals surface area contributed by atoms with E-state index in [4.69, 9.17) is 4.74 Å². The average Bonchev–Trinajstić information content (AvgIpc) is 2.93. The number of ether oxygens (including phenoxy) is 1. The van der Waals surface area contributed by atoms with Crippen LogP contribution in [0.3, 0.4) is 0 Å². The quantitative estimate of drug-likeness (QED) is 0.365. The Hall–Kier alpha value is -1.59. The number of aliphatic hydroxyl groups is 1. The molecule has 140 valence electrons. The maximum Gasteiger partial charge on any atom is 0.191 e. The molecular formula is C20H33N3O2. The number of hydrogen-bond acceptors (Lipinski definition) is 3. The molecule has 2 rings (SSSR count). The standard InChI is InChI=1S/C20H33N3O2/c1-4-21-19(22-12-7-13-25-14-16(2)3)23-15-20(24)11-10-17-8-5-6-9-18(17)20/h5-6,8-9,16,24H,4,7,10-15H2,1-3H3,(H2,21,22,23). The van der Waals surface area contributed by atoms with Gasteiger partial charge in [0.25, 0.3) is 0 Å². The van der Waals surface area contributed by atoms with Crippen molar-refractivity contribution in [3.8, 4) is 0 Å². The van der Waals surface area contributed by atoms with E-state index in [1.807, 2.05) is 25.1 Å². The number of nitrogens with zero attached hydrogens (tertiary/aromatic N) is 1. The molecule has 0 amide bonds. The van der Waals surface area contributed by atoms with E-state index in [1.165, 1.54) is 5.56 Å². The zero-order valence-corrected chi connectivity index (χ0v) is 15.8. The molecule has 0 aliphatic heterocycles. The fourth-order valence-electron chi connectivity index (χ4n) is 3.08. The third kappa shape index (κ3) is 6.01. The molecule has 0 radical (unpaired) electrons. The molecule has 25 heavy (non-hydrogen) atoms. The average molecular weight is 348 g/mol. The Bertz CT molecular complexity index is 560. The molecule has 0 heterocycles. The van der Waals surface area contributed by atoms with Gasteiger partial charge in [-0.2, -0.15) is 0 Å². The number of aryl methyl sites for hydroxylation is 1. The largest absolute Gasteiger partial charge is 0.383 e. The van der Waals surface area contributed by atoms with Crippen molar-refractivity contribution in [3.63, 3.8) is 0 Å². The molecule has 0 bridgehead atoms. The number of nitrogens with one attached hydrogen (secondary N) is 2. The second-order valence-electron chi connectivity index (χ2n) is 7.13. The predicted molar refractivity (Wildman–Crippen MR) is 103 cm³/mol. The highest BCUT2D eigenvalue weighted by Crippen LogP contribution is 2.36. The van der Waals surface area contributed by atoms with Crippen LogP contribution >= 0.6 is 0 Å². The summed E-state index contributed by atoms with van der Waals surface area (Å²) in [6, 6.07) is 8.13. The number of aliphatic imine (C=N–C) groups is 1. The molecule has 1 unspecified atom stereocenters. The van der Waals surface area contributed by atoms with Gasteiger partial charge in [0, 0.05) is 26.3 Å². The Balaban J connectivity index is 1.83. The van der Waals surface area contributed by atoms with Crippen molar-refractivity contribution < 1.29 is 9.84 Å². The van der Waals surface area contributed by atoms with Crippen LogP contribution in [0.5, 0.6) is 0 Å². The Kier molecular flexibility index (Phi) is 7.72. The maximum atomic E-state index is 11.0. The van der Waals surface area contributed by atoms with Crippen LogP contribution in [0.15, 0.2) is 29.3 Å². The van der Waals surface area contributed by atoms with Gasteiger partial charge in [0.05, 0.1) is 6.54 Å². The second-order valence-corrected chi connectivity index (χ2v) is 7.13. The Morgan fingerprint density at radius 2 is 2.12 bits per heavy atom. The van der Waals surface area contributed by atoms with Gasteiger partial charge < -0.3 is 20.5 Å². The number of benzene rings is 1. The number of guanidine groups is 1. The molecule has 1 aromatic rings. The molecule has 0 fully saturated rings. The third-order valence-electron chi connectivity index (χ3n) is 4.38. The van der Waals surface area contributed by atoms with Crippen molar-refractivity contribution in [2.75, 3.05) is 32.8 Å². The van der Waals surface area contributed by atoms with Crippen LogP contribution in [0, 0.1) is 5.92 Å². The summed E-state index contributed by atoms with van der Waals surface area (Å²) < 4.78 is 5.59. The fraction of sp³-hybridized carbons (Fsp3) is 0.650. The van der Waals surface area contributed by atoms with Gasteiger partial charge in [0.15, 0.2) is 5.96 Å². The molecule has 5 nitrogen and oxygen atoms in total. The van der Waals surface area contributed by atoms with E-state index in [-0.39, 0.29) is 0 Å². The summed E-state index contributed by atoms with van der Waals surface area (Å²) in [5, 5.41) is 17.5. The molecule has 5 heteroatoms. The van der Waals surface area contributed by atoms with Gasteiger partial charge in [-0.3, -0.25) is 0 Å². The van der Waals surface area contributed by atoms with Crippen LogP contribution < -0.4 is 10.6 Å². The number of fused-ring (bicyclic) bond motifs is 1. The van der Waals surface area contributed by atoms with Gasteiger partial charge in [-0.15, -0.1) is 0 Å². The summed E-state index contributed by atoms with van der Waals surface area (Å²) in [4.78, 5) is 4.62. The van der Waals surface area contributed by atoms with E-state index in [2.05, 4.69) is 35.5 Å². The third-order valence-corrected chi connectivity index (χ3v) is 4.38. The molecule has 0 saturated heterocycles. The van der Waals surface area contributed by atoms with E-state index in [0.29, 0.717) is 12.5 Å². The summed E-state index contributed by atoms with van der Waals surface area (Å²) in [6.07, 6.45) is 2.59. The highest BCUT2D eigenvalue weighted by atomic mass is 16.5. The molecule has 1 aliphatic rings. The maximum absolute atomic E-state index is 11.0. The highest BCUT2D eigenvalue weighted by Gasteiger charge is 2.36. The van der Waals surface area contributed by atoms with Crippen molar-refractivity contribution in [1.82, 2.24) is 10.6 Å². The van der Waals surface area contributed by atoms with Crippen LogP contribution in [0.25, 0.3) is 0 Å². The first-order valence-corrected chi connectivity index (χ1v) is 9.46. The molecule has 3 N–H and O–H groups in total. The number of hydrogen-bond donors (Lipinski definition) is 3. The first-order chi connectivity index (χ1) is 12.0. The Morgan fingerprint density at radius 1 is 1.32 bits per heavy atom. The lowest BCUT2D eigenvalue weighted by molar-refractivity contribution is 0.0485. The molecular weight excluding hydrogens is 314 g/mol. The summed E-state index contributed by atoms with van der Waals surface area (Å²) in [7, 11) is 0. The lowest BCUT2D eigenvalue weighted by Crippen LogP contribution is -2.39. The molecule has 0 aromatic heterocycles. The SMILES string of the molecule is CCNC(=NCC1(O)CCc2ccccc21)NCCCOCC(C)C. The molecule has 1 aromatic carbocycles. The Morgan fingerprint density at radius 3 is 2.88 bits per heavy atom. The van der Waals surface area contributed by atoms with Crippen molar-refractivity contribution in [3.05, 3.63) is 35.4 Å². The minimum absolute atomic E-state index is 0.378. The predicted octanol–water partition coefficient (Wildman–Crippen LogP) is 2.44. The van der Waals surface area contributed by atoms with E-state index in [0.717, 1.165) is 57.1 Å². The molecule has 0 spiro atoms. The van der Waals surface area contributed by atoms with Crippen molar-refractivity contribution >= 4 is 5.96 Å². The van der Waals surface area contributed by atoms with Gasteiger partial charge in [-0.1, -0.05) is 38.1 Å². The van der Waals surface area contributed by atoms with E-state index >= 15 is 0 Å². The van der Waals surface area contributed by atoms with Crippen molar-refractivity contribution in [2.24, 2.45) is 10.9 Å². The smallest absolute Gasteiger partial charge is 0.191 e. The van der Waals surface area contributed by atoms with Crippen molar-refractivity contribution in [2.45, 2.75) is 45.6 Å². The van der Waals surface area contributed by atoms with Gasteiger partial charge in [-0.25, -0.2) is 4.99 Å². The summed E-state index contributed by atoms with van der Waals surface area (Å²) >= 11 is 0. The van der Waals surface area contributed by atoms with Crippen molar-refractivity contribution in [1.29, 1.82) is 0 Å². The monoisotopic (exact) mass is 347 g/mol. The summed E-state index contributed by atoms with van der Waals surface area (Å²) in [5.74, 6) is 1.33. The molecule has 1 atom stereocenters. The Labute approximate surface area is 151 Å². The topological polar surface area (TPSA) is 65.9 Å². The fourth-order valence-corrected chi connectivity index (χ4v) is 3.08. The van der Waals surface area contributed by atoms with E-state index < -0.39 is 5.60 Å². The van der Waals surface area contributed by atoms with Crippen LogP contribution in [0.2, 0.25) is 0 Å². The first-order valence-electron chi connectivity index (χ1n) is 9.46. The minimum atomic E-state index is -0.848. The van der Waals surface area contributed by atoms with Gasteiger partial charge in [-0.05, 0) is 43.2 Å². The van der Waals surface area contributed by atoms with Crippen LogP contribution in [0.4, 0.5) is 0 Å². The lowest BCUT2D eigenvalue weighted by Gasteiger charge is -2.22. The van der Waals surface area contributed by atoms with Gasteiger partial charge in [0.2, 0.25) is 0 Å². The summed E-state index contributed by atoms with van der Waals surface area (Å²) in [6.45, 7) is 9.89. The minimum Gasteiger partial charge on any atom is -0.383 e. The zero-order valence-electron chi connectivity index (χ0n) is 15.8. The zero-order chi connectivity index (χ0) is 18.1. The van der Waals surface area contributed by atoms with Crippen LogP contribution in [0.1, 0.15) is 44.7 Å². The van der Waals surface area contributed by atoms with Gasteiger partial charge in [0.1, 0.15) is 5.60 Å². The normalized spacial score (nSPS) is 20.0. The summed E-state index contributed by atoms with van der Waals surface area (Å²) in [5.41, 5.74) is 1.41.